The monoisotopic (exact) mass is 244 g/mol. The van der Waals surface area contributed by atoms with Gasteiger partial charge in [-0.3, -0.25) is 0 Å². The smallest absolute Gasteiger partial charge is 0.123 e. The van der Waals surface area contributed by atoms with Gasteiger partial charge in [0.1, 0.15) is 5.01 Å². The van der Waals surface area contributed by atoms with Gasteiger partial charge >= 0.3 is 0 Å². The molecule has 0 amide bonds. The third kappa shape index (κ3) is 2.01. The second-order valence-electron chi connectivity index (χ2n) is 4.52. The van der Waals surface area contributed by atoms with Crippen LogP contribution in [-0.4, -0.2) is 11.5 Å². The lowest BCUT2D eigenvalue weighted by Crippen LogP contribution is -2.17. The highest BCUT2D eigenvalue weighted by molar-refractivity contribution is 7.15. The Labute approximate surface area is 106 Å². The molecule has 0 aliphatic heterocycles. The van der Waals surface area contributed by atoms with Gasteiger partial charge in [-0.05, 0) is 19.3 Å². The lowest BCUT2D eigenvalue weighted by molar-refractivity contribution is 0.554. The summed E-state index contributed by atoms with van der Waals surface area (Å²) in [6, 6.07) is 10.4. The van der Waals surface area contributed by atoms with Crippen molar-refractivity contribution in [2.45, 2.75) is 25.2 Å². The first kappa shape index (κ1) is 10.9. The fraction of sp³-hybridized carbons (Fsp3) is 0.357. The number of benzene rings is 1. The summed E-state index contributed by atoms with van der Waals surface area (Å²) in [4.78, 5) is 6.26. The van der Waals surface area contributed by atoms with Crippen LogP contribution in [0.15, 0.2) is 30.3 Å². The molecule has 0 saturated heterocycles. The molecule has 1 aliphatic carbocycles. The number of fused-ring (bicyclic) bond motifs is 1. The van der Waals surface area contributed by atoms with Crippen molar-refractivity contribution in [1.82, 2.24) is 4.98 Å². The van der Waals surface area contributed by atoms with Crippen molar-refractivity contribution in [2.75, 3.05) is 6.54 Å². The molecule has 3 rings (SSSR count). The Morgan fingerprint density at radius 1 is 1.29 bits per heavy atom. The van der Waals surface area contributed by atoms with E-state index in [4.69, 9.17) is 10.7 Å². The van der Waals surface area contributed by atoms with E-state index < -0.39 is 0 Å². The molecule has 1 heterocycles. The summed E-state index contributed by atoms with van der Waals surface area (Å²) in [7, 11) is 0. The second-order valence-corrected chi connectivity index (χ2v) is 5.60. The largest absolute Gasteiger partial charge is 0.330 e. The summed E-state index contributed by atoms with van der Waals surface area (Å²) in [5, 5.41) is 1.15. The molecule has 0 bridgehead atoms. The van der Waals surface area contributed by atoms with Crippen LogP contribution >= 0.6 is 11.3 Å². The molecule has 2 aromatic rings. The minimum Gasteiger partial charge on any atom is -0.330 e. The number of hydrogen-bond donors (Lipinski definition) is 1. The first-order chi connectivity index (χ1) is 8.38. The van der Waals surface area contributed by atoms with Crippen molar-refractivity contribution in [3.8, 4) is 10.6 Å². The summed E-state index contributed by atoms with van der Waals surface area (Å²) in [6.07, 6.45) is 3.63. The lowest BCUT2D eigenvalue weighted by atomic mass is 9.91. The third-order valence-electron chi connectivity index (χ3n) is 3.38. The molecular weight excluding hydrogens is 228 g/mol. The van der Waals surface area contributed by atoms with Gasteiger partial charge in [0.25, 0.3) is 0 Å². The van der Waals surface area contributed by atoms with E-state index in [1.165, 1.54) is 35.4 Å². The predicted octanol–water partition coefficient (Wildman–Crippen LogP) is 3.19. The summed E-state index contributed by atoms with van der Waals surface area (Å²) in [5.74, 6) is 0.479. The van der Waals surface area contributed by atoms with E-state index in [-0.39, 0.29) is 0 Å². The average molecular weight is 244 g/mol. The van der Waals surface area contributed by atoms with E-state index in [9.17, 15) is 0 Å². The summed E-state index contributed by atoms with van der Waals surface area (Å²) in [6.45, 7) is 0.727. The van der Waals surface area contributed by atoms with E-state index in [0.717, 1.165) is 11.6 Å². The van der Waals surface area contributed by atoms with Gasteiger partial charge in [-0.2, -0.15) is 0 Å². The van der Waals surface area contributed by atoms with E-state index in [0.29, 0.717) is 5.92 Å². The van der Waals surface area contributed by atoms with Crippen LogP contribution in [0.3, 0.4) is 0 Å². The van der Waals surface area contributed by atoms with Crippen molar-refractivity contribution >= 4 is 11.3 Å². The molecule has 1 aromatic carbocycles. The zero-order valence-electron chi connectivity index (χ0n) is 9.73. The molecule has 3 heteroatoms. The van der Waals surface area contributed by atoms with Gasteiger partial charge in [-0.15, -0.1) is 11.3 Å². The molecule has 1 unspecified atom stereocenters. The lowest BCUT2D eigenvalue weighted by Gasteiger charge is -2.18. The Balaban J connectivity index is 2.02. The van der Waals surface area contributed by atoms with Crippen molar-refractivity contribution in [3.05, 3.63) is 40.9 Å². The summed E-state index contributed by atoms with van der Waals surface area (Å²) < 4.78 is 0. The van der Waals surface area contributed by atoms with Gasteiger partial charge in [-0.25, -0.2) is 4.98 Å². The van der Waals surface area contributed by atoms with Gasteiger partial charge in [0.15, 0.2) is 0 Å². The van der Waals surface area contributed by atoms with E-state index in [2.05, 4.69) is 24.3 Å². The Morgan fingerprint density at radius 3 is 2.88 bits per heavy atom. The summed E-state index contributed by atoms with van der Waals surface area (Å²) in [5.41, 5.74) is 8.32. The maximum atomic E-state index is 5.83. The van der Waals surface area contributed by atoms with Crippen LogP contribution in [0.4, 0.5) is 0 Å². The van der Waals surface area contributed by atoms with Gasteiger partial charge in [0.2, 0.25) is 0 Å². The summed E-state index contributed by atoms with van der Waals surface area (Å²) >= 11 is 1.84. The van der Waals surface area contributed by atoms with Gasteiger partial charge in [0.05, 0.1) is 5.69 Å². The van der Waals surface area contributed by atoms with Crippen LogP contribution in [0.5, 0.6) is 0 Å². The van der Waals surface area contributed by atoms with E-state index in [1.807, 2.05) is 17.4 Å². The number of aryl methyl sites for hydroxylation is 1. The van der Waals surface area contributed by atoms with Gasteiger partial charge in [0, 0.05) is 22.9 Å². The van der Waals surface area contributed by atoms with Crippen molar-refractivity contribution in [1.29, 1.82) is 0 Å². The molecule has 2 N–H and O–H groups in total. The van der Waals surface area contributed by atoms with Crippen LogP contribution in [0, 0.1) is 0 Å². The molecule has 0 spiro atoms. The zero-order chi connectivity index (χ0) is 11.7. The Hall–Kier alpha value is -1.19. The molecule has 1 aromatic heterocycles. The van der Waals surface area contributed by atoms with E-state index in [1.54, 1.807) is 0 Å². The van der Waals surface area contributed by atoms with Crippen LogP contribution in [-0.2, 0) is 6.42 Å². The third-order valence-corrected chi connectivity index (χ3v) is 4.56. The topological polar surface area (TPSA) is 38.9 Å². The molecule has 1 atom stereocenters. The standard InChI is InChI=1S/C14H16N2S/c15-9-11-7-4-8-12-13(11)16-14(17-12)10-5-2-1-3-6-10/h1-3,5-6,11H,4,7-9,15H2. The molecule has 1 aliphatic rings. The first-order valence-electron chi connectivity index (χ1n) is 6.13. The number of hydrogen-bond acceptors (Lipinski definition) is 3. The zero-order valence-corrected chi connectivity index (χ0v) is 10.5. The average Bonchev–Trinajstić information content (AvgIpc) is 2.83. The van der Waals surface area contributed by atoms with Gasteiger partial charge < -0.3 is 5.73 Å². The fourth-order valence-corrected chi connectivity index (χ4v) is 3.64. The molecule has 88 valence electrons. The van der Waals surface area contributed by atoms with Crippen molar-refractivity contribution in [2.24, 2.45) is 5.73 Å². The van der Waals surface area contributed by atoms with Crippen LogP contribution in [0.1, 0.15) is 29.3 Å². The normalized spacial score (nSPS) is 19.0. The predicted molar refractivity (Wildman–Crippen MR) is 72.3 cm³/mol. The minimum absolute atomic E-state index is 0.479. The highest BCUT2D eigenvalue weighted by atomic mass is 32.1. The maximum absolute atomic E-state index is 5.83. The second kappa shape index (κ2) is 4.59. The molecule has 0 radical (unpaired) electrons. The minimum atomic E-state index is 0.479. The SMILES string of the molecule is NCC1CCCc2sc(-c3ccccc3)nc21. The Morgan fingerprint density at radius 2 is 2.12 bits per heavy atom. The highest BCUT2D eigenvalue weighted by Crippen LogP contribution is 2.37. The first-order valence-corrected chi connectivity index (χ1v) is 6.95. The highest BCUT2D eigenvalue weighted by Gasteiger charge is 2.23. The number of nitrogens with two attached hydrogens (primary N) is 1. The number of thiazole rings is 1. The molecule has 0 fully saturated rings. The van der Waals surface area contributed by atoms with Crippen LogP contribution in [0.25, 0.3) is 10.6 Å². The molecular formula is C14H16N2S. The van der Waals surface area contributed by atoms with Crippen molar-refractivity contribution in [3.63, 3.8) is 0 Å². The van der Waals surface area contributed by atoms with Crippen LogP contribution in [0.2, 0.25) is 0 Å². The number of nitrogens with zero attached hydrogens (tertiary/aromatic N) is 1. The maximum Gasteiger partial charge on any atom is 0.123 e. The molecule has 0 saturated carbocycles. The molecule has 2 nitrogen and oxygen atoms in total. The Bertz CT molecular complexity index is 504. The van der Waals surface area contributed by atoms with Crippen LogP contribution < -0.4 is 5.73 Å². The van der Waals surface area contributed by atoms with E-state index >= 15 is 0 Å². The molecule has 17 heavy (non-hydrogen) atoms. The fourth-order valence-electron chi connectivity index (χ4n) is 2.44. The number of rotatable bonds is 2. The van der Waals surface area contributed by atoms with Crippen molar-refractivity contribution < 1.29 is 0 Å². The number of aromatic nitrogens is 1. The quantitative estimate of drug-likeness (QED) is 0.881. The van der Waals surface area contributed by atoms with Gasteiger partial charge in [-0.1, -0.05) is 30.3 Å². The Kier molecular flexibility index (Phi) is 2.95.